The van der Waals surface area contributed by atoms with Crippen molar-refractivity contribution in [3.8, 4) is 5.75 Å². The monoisotopic (exact) mass is 627 g/mol. The van der Waals surface area contributed by atoms with Gasteiger partial charge in [0, 0.05) is 19.0 Å². The Kier molecular flexibility index (Phi) is 11.0. The van der Waals surface area contributed by atoms with Crippen molar-refractivity contribution in [2.75, 3.05) is 18.0 Å². The average molecular weight is 628 g/mol. The van der Waals surface area contributed by atoms with E-state index in [1.807, 2.05) is 94.4 Å². The SMILES string of the molecule is COc1ccc(C)cc1N(CC(=O)N(Cc1ccccc1)[C@@H](Cc1ccccc1)C(=O)NC(C)C)S(=O)(=O)c1ccc(C)cc1. The molecule has 0 bridgehead atoms. The van der Waals surface area contributed by atoms with Crippen molar-refractivity contribution in [2.24, 2.45) is 0 Å². The first-order valence-electron chi connectivity index (χ1n) is 14.9. The van der Waals surface area contributed by atoms with Crippen molar-refractivity contribution >= 4 is 27.5 Å². The highest BCUT2D eigenvalue weighted by Crippen LogP contribution is 2.34. The van der Waals surface area contributed by atoms with Crippen LogP contribution in [0.15, 0.2) is 108 Å². The zero-order valence-corrected chi connectivity index (χ0v) is 27.3. The molecule has 2 amide bonds. The Labute approximate surface area is 266 Å². The zero-order chi connectivity index (χ0) is 32.6. The van der Waals surface area contributed by atoms with Crippen molar-refractivity contribution < 1.29 is 22.7 Å². The third-order valence-electron chi connectivity index (χ3n) is 7.39. The van der Waals surface area contributed by atoms with Crippen LogP contribution in [-0.4, -0.2) is 50.9 Å². The summed E-state index contributed by atoms with van der Waals surface area (Å²) in [4.78, 5) is 29.9. The summed E-state index contributed by atoms with van der Waals surface area (Å²) in [5.41, 5.74) is 3.61. The van der Waals surface area contributed by atoms with Gasteiger partial charge in [0.15, 0.2) is 0 Å². The van der Waals surface area contributed by atoms with Gasteiger partial charge in [0.25, 0.3) is 10.0 Å². The second kappa shape index (κ2) is 14.9. The summed E-state index contributed by atoms with van der Waals surface area (Å²) < 4.78 is 35.3. The number of carbonyl (C=O) groups is 2. The summed E-state index contributed by atoms with van der Waals surface area (Å²) >= 11 is 0. The molecule has 0 aromatic heterocycles. The van der Waals surface area contributed by atoms with Gasteiger partial charge in [-0.25, -0.2) is 8.42 Å². The predicted octanol–water partition coefficient (Wildman–Crippen LogP) is 5.67. The van der Waals surface area contributed by atoms with E-state index in [2.05, 4.69) is 5.32 Å². The number of nitrogens with zero attached hydrogens (tertiary/aromatic N) is 2. The molecule has 0 heterocycles. The number of benzene rings is 4. The molecule has 0 aliphatic heterocycles. The largest absolute Gasteiger partial charge is 0.495 e. The molecule has 1 atom stereocenters. The van der Waals surface area contributed by atoms with Crippen LogP contribution in [0.3, 0.4) is 0 Å². The van der Waals surface area contributed by atoms with E-state index in [4.69, 9.17) is 4.74 Å². The standard InChI is InChI=1S/C36H41N3O5S/c1-26(2)37-36(41)33(23-29-12-8-6-9-13-29)38(24-30-14-10-7-11-15-30)35(40)25-39(32-22-28(4)18-21-34(32)44-5)45(42,43)31-19-16-27(3)17-20-31/h6-22,26,33H,23-25H2,1-5H3,(H,37,41)/t33-/m0/s1. The maximum absolute atomic E-state index is 14.6. The molecule has 0 spiro atoms. The number of rotatable bonds is 13. The second-order valence-corrected chi connectivity index (χ2v) is 13.2. The summed E-state index contributed by atoms with van der Waals surface area (Å²) in [5.74, 6) is -0.547. The molecule has 1 N–H and O–H groups in total. The van der Waals surface area contributed by atoms with Gasteiger partial charge in [0.05, 0.1) is 17.7 Å². The van der Waals surface area contributed by atoms with E-state index in [9.17, 15) is 18.0 Å². The van der Waals surface area contributed by atoms with Gasteiger partial charge < -0.3 is 15.0 Å². The van der Waals surface area contributed by atoms with Crippen LogP contribution >= 0.6 is 0 Å². The number of amides is 2. The zero-order valence-electron chi connectivity index (χ0n) is 26.4. The van der Waals surface area contributed by atoms with Crippen LogP contribution in [0, 0.1) is 13.8 Å². The molecule has 9 heteroatoms. The molecule has 0 unspecified atom stereocenters. The lowest BCUT2D eigenvalue weighted by Crippen LogP contribution is -2.54. The Morgan fingerprint density at radius 2 is 1.38 bits per heavy atom. The van der Waals surface area contributed by atoms with Crippen LogP contribution in [0.25, 0.3) is 0 Å². The fourth-order valence-electron chi connectivity index (χ4n) is 5.06. The predicted molar refractivity (Wildman–Crippen MR) is 178 cm³/mol. The van der Waals surface area contributed by atoms with Crippen LogP contribution in [0.5, 0.6) is 5.75 Å². The Morgan fingerprint density at radius 3 is 1.96 bits per heavy atom. The Morgan fingerprint density at radius 1 is 0.800 bits per heavy atom. The Hall–Kier alpha value is -4.63. The van der Waals surface area contributed by atoms with Crippen molar-refractivity contribution in [2.45, 2.75) is 57.6 Å². The number of hydrogen-bond acceptors (Lipinski definition) is 5. The van der Waals surface area contributed by atoms with E-state index in [0.717, 1.165) is 26.6 Å². The highest BCUT2D eigenvalue weighted by molar-refractivity contribution is 7.92. The molecule has 8 nitrogen and oxygen atoms in total. The van der Waals surface area contributed by atoms with Gasteiger partial charge >= 0.3 is 0 Å². The van der Waals surface area contributed by atoms with E-state index in [0.29, 0.717) is 5.75 Å². The number of sulfonamides is 1. The van der Waals surface area contributed by atoms with Crippen LogP contribution in [0.1, 0.15) is 36.1 Å². The highest BCUT2D eigenvalue weighted by atomic mass is 32.2. The molecule has 0 aliphatic carbocycles. The molecule has 4 aromatic rings. The topological polar surface area (TPSA) is 96.0 Å². The number of anilines is 1. The number of ether oxygens (including phenoxy) is 1. The minimum atomic E-state index is -4.24. The number of hydrogen-bond donors (Lipinski definition) is 1. The lowest BCUT2D eigenvalue weighted by Gasteiger charge is -2.34. The van der Waals surface area contributed by atoms with Crippen molar-refractivity contribution in [1.29, 1.82) is 0 Å². The quantitative estimate of drug-likeness (QED) is 0.206. The summed E-state index contributed by atoms with van der Waals surface area (Å²) in [7, 11) is -2.78. The van der Waals surface area contributed by atoms with Crippen LogP contribution in [0.4, 0.5) is 5.69 Å². The second-order valence-electron chi connectivity index (χ2n) is 11.4. The minimum Gasteiger partial charge on any atom is -0.495 e. The third kappa shape index (κ3) is 8.51. The molecule has 0 aliphatic rings. The number of methoxy groups -OCH3 is 1. The van der Waals surface area contributed by atoms with Gasteiger partial charge in [-0.1, -0.05) is 84.4 Å². The van der Waals surface area contributed by atoms with Gasteiger partial charge in [0.2, 0.25) is 11.8 Å². The molecule has 0 fully saturated rings. The molecule has 0 radical (unpaired) electrons. The van der Waals surface area contributed by atoms with Gasteiger partial charge in [-0.05, 0) is 68.7 Å². The first-order valence-corrected chi connectivity index (χ1v) is 16.4. The van der Waals surface area contributed by atoms with E-state index in [1.165, 1.54) is 24.1 Å². The molecule has 4 rings (SSSR count). The maximum Gasteiger partial charge on any atom is 0.264 e. The van der Waals surface area contributed by atoms with Crippen LogP contribution < -0.4 is 14.4 Å². The van der Waals surface area contributed by atoms with Crippen LogP contribution in [-0.2, 0) is 32.6 Å². The van der Waals surface area contributed by atoms with Crippen LogP contribution in [0.2, 0.25) is 0 Å². The number of carbonyl (C=O) groups excluding carboxylic acids is 2. The minimum absolute atomic E-state index is 0.0393. The third-order valence-corrected chi connectivity index (χ3v) is 9.16. The molecular weight excluding hydrogens is 586 g/mol. The first-order chi connectivity index (χ1) is 21.5. The first kappa shape index (κ1) is 33.3. The van der Waals surface area contributed by atoms with Crippen molar-refractivity contribution in [3.05, 3.63) is 125 Å². The normalized spacial score (nSPS) is 12.0. The summed E-state index contributed by atoms with van der Waals surface area (Å²) in [5, 5.41) is 2.97. The Balaban J connectivity index is 1.84. The molecule has 45 heavy (non-hydrogen) atoms. The summed E-state index contributed by atoms with van der Waals surface area (Å²) in [6, 6.07) is 29.4. The lowest BCUT2D eigenvalue weighted by molar-refractivity contribution is -0.140. The molecule has 0 saturated heterocycles. The maximum atomic E-state index is 14.6. The van der Waals surface area contributed by atoms with Gasteiger partial charge in [-0.2, -0.15) is 0 Å². The van der Waals surface area contributed by atoms with Gasteiger partial charge in [-0.15, -0.1) is 0 Å². The van der Waals surface area contributed by atoms with Gasteiger partial charge in [0.1, 0.15) is 18.3 Å². The highest BCUT2D eigenvalue weighted by Gasteiger charge is 2.35. The van der Waals surface area contributed by atoms with E-state index in [1.54, 1.807) is 24.3 Å². The fraction of sp³-hybridized carbons (Fsp3) is 0.278. The van der Waals surface area contributed by atoms with Crippen molar-refractivity contribution in [1.82, 2.24) is 10.2 Å². The molecule has 0 saturated carbocycles. The fourth-order valence-corrected chi connectivity index (χ4v) is 6.48. The molecule has 236 valence electrons. The lowest BCUT2D eigenvalue weighted by atomic mass is 10.0. The smallest absolute Gasteiger partial charge is 0.264 e. The number of nitrogens with one attached hydrogen (secondary N) is 1. The van der Waals surface area contributed by atoms with E-state index in [-0.39, 0.29) is 35.5 Å². The van der Waals surface area contributed by atoms with Gasteiger partial charge in [-0.3, -0.25) is 13.9 Å². The number of aryl methyl sites for hydroxylation is 2. The molecule has 4 aromatic carbocycles. The van der Waals surface area contributed by atoms with E-state index < -0.39 is 28.5 Å². The molecular formula is C36H41N3O5S. The van der Waals surface area contributed by atoms with Crippen molar-refractivity contribution in [3.63, 3.8) is 0 Å². The summed E-state index contributed by atoms with van der Waals surface area (Å²) in [6.07, 6.45) is 0.246. The summed E-state index contributed by atoms with van der Waals surface area (Å²) in [6.45, 7) is 6.99. The average Bonchev–Trinajstić information content (AvgIpc) is 3.02. The van der Waals surface area contributed by atoms with E-state index >= 15 is 0 Å². The Bertz CT molecular complexity index is 1690.